The summed E-state index contributed by atoms with van der Waals surface area (Å²) in [4.78, 5) is 4.07. The van der Waals surface area contributed by atoms with E-state index in [1.807, 2.05) is 0 Å². The smallest absolute Gasteiger partial charge is 0.272 e. The molecule has 1 heterocycles. The van der Waals surface area contributed by atoms with E-state index < -0.39 is 34.6 Å². The number of hydrogen-bond acceptors (Lipinski definition) is 5. The molecule has 4 nitrogen and oxygen atoms in total. The summed E-state index contributed by atoms with van der Waals surface area (Å²) in [6, 6.07) is 3.75. The van der Waals surface area contributed by atoms with Gasteiger partial charge in [-0.3, -0.25) is 4.99 Å². The van der Waals surface area contributed by atoms with Gasteiger partial charge < -0.3 is 16.6 Å². The molecule has 0 bridgehead atoms. The highest BCUT2D eigenvalue weighted by molar-refractivity contribution is 8.15. The fourth-order valence-electron chi connectivity index (χ4n) is 3.25. The Hall–Kier alpha value is -1.41. The van der Waals surface area contributed by atoms with Gasteiger partial charge in [0.2, 0.25) is 0 Å². The topological polar surface area (TPSA) is 84.6 Å². The third-order valence-corrected chi connectivity index (χ3v) is 5.57. The lowest BCUT2D eigenvalue weighted by Gasteiger charge is -2.32. The minimum Gasteiger partial charge on any atom is -0.399 e. The molecule has 21 heavy (non-hydrogen) atoms. The predicted octanol–water partition coefficient (Wildman–Crippen LogP) is 1.68. The van der Waals surface area contributed by atoms with Crippen LogP contribution in [0.15, 0.2) is 23.2 Å². The van der Waals surface area contributed by atoms with E-state index in [9.17, 15) is 18.3 Å². The Balaban J connectivity index is 2.20. The van der Waals surface area contributed by atoms with Gasteiger partial charge in [0.05, 0.1) is 18.1 Å². The lowest BCUT2D eigenvalue weighted by Crippen LogP contribution is -2.37. The highest BCUT2D eigenvalue weighted by atomic mass is 32.2. The summed E-state index contributed by atoms with van der Waals surface area (Å²) in [5.74, 6) is -5.20. The molecule has 0 amide bonds. The lowest BCUT2D eigenvalue weighted by atomic mass is 9.85. The Kier molecular flexibility index (Phi) is 2.82. The number of benzene rings is 1. The number of aliphatic hydroxyl groups is 1. The molecular formula is C13H14F3N3OS. The van der Waals surface area contributed by atoms with E-state index in [0.29, 0.717) is 11.8 Å². The molecular weight excluding hydrogens is 303 g/mol. The van der Waals surface area contributed by atoms with E-state index in [2.05, 4.69) is 4.99 Å². The molecule has 0 radical (unpaired) electrons. The van der Waals surface area contributed by atoms with Gasteiger partial charge in [-0.1, -0.05) is 11.8 Å². The van der Waals surface area contributed by atoms with E-state index >= 15 is 0 Å². The molecule has 8 heteroatoms. The molecule has 1 aliphatic heterocycles. The van der Waals surface area contributed by atoms with Crippen LogP contribution < -0.4 is 11.5 Å². The van der Waals surface area contributed by atoms with E-state index in [1.54, 1.807) is 0 Å². The van der Waals surface area contributed by atoms with Crippen LogP contribution in [0, 0.1) is 11.7 Å². The maximum atomic E-state index is 14.3. The zero-order valence-electron chi connectivity index (χ0n) is 11.1. The number of hydrogen-bond donors (Lipinski definition) is 3. The van der Waals surface area contributed by atoms with Crippen molar-refractivity contribution in [1.29, 1.82) is 0 Å². The third kappa shape index (κ3) is 1.66. The van der Waals surface area contributed by atoms with Gasteiger partial charge in [-0.2, -0.15) is 0 Å². The monoisotopic (exact) mass is 317 g/mol. The molecule has 5 N–H and O–H groups in total. The van der Waals surface area contributed by atoms with Gasteiger partial charge in [-0.25, -0.2) is 13.2 Å². The van der Waals surface area contributed by atoms with Crippen LogP contribution in [0.5, 0.6) is 0 Å². The number of rotatable bonds is 2. The van der Waals surface area contributed by atoms with Crippen molar-refractivity contribution in [1.82, 2.24) is 0 Å². The molecule has 1 aromatic carbocycles. The number of aliphatic hydroxyl groups excluding tert-OH is 1. The van der Waals surface area contributed by atoms with Crippen molar-refractivity contribution in [2.75, 3.05) is 12.3 Å². The number of alkyl halides is 2. The lowest BCUT2D eigenvalue weighted by molar-refractivity contribution is 0.0685. The van der Waals surface area contributed by atoms with Gasteiger partial charge in [0.1, 0.15) is 10.6 Å². The van der Waals surface area contributed by atoms with Gasteiger partial charge in [0.15, 0.2) is 5.17 Å². The van der Waals surface area contributed by atoms with Crippen LogP contribution in [0.25, 0.3) is 0 Å². The van der Waals surface area contributed by atoms with Crippen LogP contribution in [0.2, 0.25) is 0 Å². The SMILES string of the molecule is C[C@]1(c2cc(N)ccc2F)N=C(N)S[C@@]2(CO)[C@H]1C2(F)F. The molecule has 1 aliphatic carbocycles. The summed E-state index contributed by atoms with van der Waals surface area (Å²) in [7, 11) is 0. The van der Waals surface area contributed by atoms with Crippen molar-refractivity contribution < 1.29 is 18.3 Å². The minimum absolute atomic E-state index is 0.0363. The molecule has 0 aromatic heterocycles. The van der Waals surface area contributed by atoms with Crippen LogP contribution in [0.3, 0.4) is 0 Å². The van der Waals surface area contributed by atoms with Gasteiger partial charge in [-0.15, -0.1) is 0 Å². The fourth-order valence-corrected chi connectivity index (χ4v) is 4.61. The number of fused-ring (bicyclic) bond motifs is 1. The number of aliphatic imine (C=N–C) groups is 1. The largest absolute Gasteiger partial charge is 0.399 e. The van der Waals surface area contributed by atoms with Crippen LogP contribution in [-0.2, 0) is 5.54 Å². The van der Waals surface area contributed by atoms with Crippen LogP contribution in [0.1, 0.15) is 12.5 Å². The van der Waals surface area contributed by atoms with Crippen molar-refractivity contribution in [2.24, 2.45) is 16.6 Å². The third-order valence-electron chi connectivity index (χ3n) is 4.27. The molecule has 3 atom stereocenters. The number of amidine groups is 1. The van der Waals surface area contributed by atoms with Crippen LogP contribution in [-0.4, -0.2) is 27.6 Å². The number of nitrogens with zero attached hydrogens (tertiary/aromatic N) is 1. The van der Waals surface area contributed by atoms with E-state index in [4.69, 9.17) is 11.5 Å². The highest BCUT2D eigenvalue weighted by Gasteiger charge is 2.87. The standard InChI is InChI=1S/C13H14F3N3OS/c1-11(7-4-6(17)2-3-8(7)14)9-12(5-20,13(9,15)16)21-10(18)19-11/h2-4,9,20H,5,17H2,1H3,(H2,18,19)/t9-,11+,12-/m0/s1. The average Bonchev–Trinajstić information content (AvgIpc) is 2.89. The number of nitrogens with two attached hydrogens (primary N) is 2. The summed E-state index contributed by atoms with van der Waals surface area (Å²) >= 11 is 0.651. The van der Waals surface area contributed by atoms with Gasteiger partial charge in [-0.05, 0) is 25.1 Å². The summed E-state index contributed by atoms with van der Waals surface area (Å²) in [5, 5.41) is 9.32. The second-order valence-electron chi connectivity index (χ2n) is 5.54. The zero-order chi connectivity index (χ0) is 15.6. The molecule has 2 aliphatic rings. The zero-order valence-corrected chi connectivity index (χ0v) is 11.9. The Morgan fingerprint density at radius 2 is 2.05 bits per heavy atom. The Morgan fingerprint density at radius 3 is 2.67 bits per heavy atom. The van der Waals surface area contributed by atoms with Crippen molar-refractivity contribution >= 4 is 22.6 Å². The van der Waals surface area contributed by atoms with Crippen LogP contribution >= 0.6 is 11.8 Å². The van der Waals surface area contributed by atoms with Gasteiger partial charge in [0.25, 0.3) is 5.92 Å². The summed E-state index contributed by atoms with van der Waals surface area (Å²) in [5.41, 5.74) is 9.92. The molecule has 114 valence electrons. The number of thioether (sulfide) groups is 1. The van der Waals surface area contributed by atoms with Crippen molar-refractivity contribution in [3.63, 3.8) is 0 Å². The first-order valence-electron chi connectivity index (χ1n) is 6.27. The number of anilines is 1. The molecule has 0 saturated heterocycles. The second kappa shape index (κ2) is 4.07. The number of halogens is 3. The first kappa shape index (κ1) is 14.5. The van der Waals surface area contributed by atoms with Gasteiger partial charge in [0, 0.05) is 11.3 Å². The van der Waals surface area contributed by atoms with E-state index in [1.165, 1.54) is 19.1 Å². The second-order valence-corrected chi connectivity index (χ2v) is 6.89. The molecule has 1 fully saturated rings. The average molecular weight is 317 g/mol. The fraction of sp³-hybridized carbons (Fsp3) is 0.462. The maximum Gasteiger partial charge on any atom is 0.272 e. The maximum absolute atomic E-state index is 14.3. The molecule has 3 rings (SSSR count). The van der Waals surface area contributed by atoms with Crippen molar-refractivity contribution in [3.8, 4) is 0 Å². The predicted molar refractivity (Wildman–Crippen MR) is 75.6 cm³/mol. The first-order valence-corrected chi connectivity index (χ1v) is 7.09. The molecule has 0 unspecified atom stereocenters. The minimum atomic E-state index is -3.19. The highest BCUT2D eigenvalue weighted by Crippen LogP contribution is 2.74. The van der Waals surface area contributed by atoms with Crippen molar-refractivity contribution in [3.05, 3.63) is 29.6 Å². The normalized spacial score (nSPS) is 36.8. The van der Waals surface area contributed by atoms with E-state index in [-0.39, 0.29) is 16.4 Å². The molecule has 1 saturated carbocycles. The number of nitrogen functional groups attached to an aromatic ring is 1. The Morgan fingerprint density at radius 1 is 1.38 bits per heavy atom. The van der Waals surface area contributed by atoms with E-state index in [0.717, 1.165) is 6.07 Å². The van der Waals surface area contributed by atoms with Crippen LogP contribution in [0.4, 0.5) is 18.9 Å². The summed E-state index contributed by atoms with van der Waals surface area (Å²) in [6.45, 7) is 0.637. The summed E-state index contributed by atoms with van der Waals surface area (Å²) in [6.07, 6.45) is 0. The Labute approximate surface area is 123 Å². The molecule has 1 aromatic rings. The molecule has 0 spiro atoms. The Bertz CT molecular complexity index is 654. The summed E-state index contributed by atoms with van der Waals surface area (Å²) < 4.78 is 40.9. The quantitative estimate of drug-likeness (QED) is 0.725. The van der Waals surface area contributed by atoms with Crippen molar-refractivity contribution in [2.45, 2.75) is 23.1 Å². The van der Waals surface area contributed by atoms with Gasteiger partial charge >= 0.3 is 0 Å². The first-order chi connectivity index (χ1) is 9.69.